The van der Waals surface area contributed by atoms with Crippen molar-refractivity contribution in [3.05, 3.63) is 15.9 Å². The maximum Gasteiger partial charge on any atom is 0.311 e. The second-order valence-corrected chi connectivity index (χ2v) is 7.04. The van der Waals surface area contributed by atoms with Gasteiger partial charge in [0.05, 0.1) is 31.8 Å². The van der Waals surface area contributed by atoms with Gasteiger partial charge in [0.25, 0.3) is 0 Å². The fourth-order valence-corrected chi connectivity index (χ4v) is 4.42. The highest BCUT2D eigenvalue weighted by Crippen LogP contribution is 2.47. The Kier molecular flexibility index (Phi) is 5.01. The molecule has 2 bridgehead atoms. The zero-order valence-corrected chi connectivity index (χ0v) is 14.7. The molecular weight excluding hydrogens is 398 g/mol. The zero-order valence-electron chi connectivity index (χ0n) is 12.5. The summed E-state index contributed by atoms with van der Waals surface area (Å²) < 4.78 is 24.0. The van der Waals surface area contributed by atoms with Crippen LogP contribution < -0.4 is 0 Å². The van der Waals surface area contributed by atoms with E-state index in [1.54, 1.807) is 6.20 Å². The van der Waals surface area contributed by atoms with E-state index in [4.69, 9.17) is 9.15 Å². The van der Waals surface area contributed by atoms with Crippen molar-refractivity contribution in [1.29, 1.82) is 0 Å². The lowest BCUT2D eigenvalue weighted by Crippen LogP contribution is -2.51. The van der Waals surface area contributed by atoms with Crippen molar-refractivity contribution < 1.29 is 18.3 Å². The van der Waals surface area contributed by atoms with Crippen molar-refractivity contribution in [2.24, 2.45) is 5.92 Å². The van der Waals surface area contributed by atoms with Crippen molar-refractivity contribution in [1.82, 2.24) is 9.88 Å². The van der Waals surface area contributed by atoms with Crippen LogP contribution in [0.2, 0.25) is 0 Å². The second-order valence-electron chi connectivity index (χ2n) is 5.97. The molecule has 0 amide bonds. The second kappa shape index (κ2) is 6.82. The Balaban J connectivity index is 1.87. The minimum absolute atomic E-state index is 0.0462. The maximum absolute atomic E-state index is 12.5. The number of esters is 1. The molecule has 2 saturated heterocycles. The van der Waals surface area contributed by atoms with Crippen LogP contribution in [-0.2, 0) is 9.53 Å². The van der Waals surface area contributed by atoms with Gasteiger partial charge in [-0.1, -0.05) is 0 Å². The van der Waals surface area contributed by atoms with Gasteiger partial charge in [0, 0.05) is 41.2 Å². The van der Waals surface area contributed by atoms with Gasteiger partial charge in [0.15, 0.2) is 9.66 Å². The number of piperidine rings is 1. The lowest BCUT2D eigenvalue weighted by atomic mass is 9.79. The Hall–Kier alpha value is -0.700. The number of alkyl halides is 1. The molecule has 0 radical (unpaired) electrons. The zero-order chi connectivity index (χ0) is 15.7. The molecule has 0 aromatic carbocycles. The molecule has 2 fully saturated rings. The van der Waals surface area contributed by atoms with E-state index in [1.807, 2.05) is 0 Å². The number of oxazole rings is 1. The third-order valence-corrected chi connectivity index (χ3v) is 5.40. The van der Waals surface area contributed by atoms with Crippen molar-refractivity contribution in [2.45, 2.75) is 43.7 Å². The molecule has 22 heavy (non-hydrogen) atoms. The fourth-order valence-electron chi connectivity index (χ4n) is 4.05. The minimum Gasteiger partial charge on any atom is -0.469 e. The summed E-state index contributed by atoms with van der Waals surface area (Å²) in [6.07, 6.45) is 5.01. The molecule has 5 nitrogen and oxygen atoms in total. The lowest BCUT2D eigenvalue weighted by Gasteiger charge is -2.42. The van der Waals surface area contributed by atoms with Gasteiger partial charge >= 0.3 is 5.97 Å². The van der Waals surface area contributed by atoms with Crippen molar-refractivity contribution in [2.75, 3.05) is 20.3 Å². The van der Waals surface area contributed by atoms with E-state index in [2.05, 4.69) is 32.5 Å². The van der Waals surface area contributed by atoms with Crippen LogP contribution in [0, 0.1) is 9.68 Å². The van der Waals surface area contributed by atoms with E-state index in [1.165, 1.54) is 7.11 Å². The van der Waals surface area contributed by atoms with Crippen LogP contribution in [-0.4, -0.2) is 48.3 Å². The first kappa shape index (κ1) is 16.2. The number of aromatic nitrogens is 1. The number of rotatable bonds is 5. The Morgan fingerprint density at radius 2 is 2.41 bits per heavy atom. The Labute approximate surface area is 142 Å². The van der Waals surface area contributed by atoms with Crippen LogP contribution in [0.1, 0.15) is 37.5 Å². The molecule has 1 unspecified atom stereocenters. The van der Waals surface area contributed by atoms with Crippen LogP contribution in [0.3, 0.4) is 0 Å². The van der Waals surface area contributed by atoms with E-state index < -0.39 is 0 Å². The van der Waals surface area contributed by atoms with E-state index in [9.17, 15) is 9.18 Å². The Morgan fingerprint density at radius 3 is 3.05 bits per heavy atom. The molecule has 0 spiro atoms. The number of fused-ring (bicyclic) bond motifs is 2. The average molecular weight is 418 g/mol. The summed E-state index contributed by atoms with van der Waals surface area (Å²) in [4.78, 5) is 19.0. The molecule has 1 aromatic rings. The monoisotopic (exact) mass is 418 g/mol. The van der Waals surface area contributed by atoms with E-state index >= 15 is 0 Å². The molecule has 2 aliphatic heterocycles. The van der Waals surface area contributed by atoms with Gasteiger partial charge in [-0.2, -0.15) is 0 Å². The van der Waals surface area contributed by atoms with Gasteiger partial charge in [-0.05, 0) is 25.7 Å². The van der Waals surface area contributed by atoms with Crippen molar-refractivity contribution in [3.8, 4) is 0 Å². The van der Waals surface area contributed by atoms with Crippen LogP contribution in [0.25, 0.3) is 0 Å². The first-order valence-electron chi connectivity index (χ1n) is 7.66. The van der Waals surface area contributed by atoms with Crippen LogP contribution in [0.15, 0.2) is 10.6 Å². The van der Waals surface area contributed by atoms with Gasteiger partial charge in [-0.25, -0.2) is 4.98 Å². The summed E-state index contributed by atoms with van der Waals surface area (Å²) in [6, 6.07) is 0.485. The average Bonchev–Trinajstić information content (AvgIpc) is 3.06. The summed E-state index contributed by atoms with van der Waals surface area (Å²) in [6.45, 7) is 0.384. The van der Waals surface area contributed by atoms with Gasteiger partial charge in [-0.15, -0.1) is 0 Å². The molecule has 3 heterocycles. The number of carbonyl (C=O) groups is 1. The summed E-state index contributed by atoms with van der Waals surface area (Å²) >= 11 is 2.08. The Morgan fingerprint density at radius 1 is 1.59 bits per heavy atom. The van der Waals surface area contributed by atoms with Gasteiger partial charge in [-0.3, -0.25) is 14.1 Å². The highest BCUT2D eigenvalue weighted by molar-refractivity contribution is 14.1. The molecule has 4 atom stereocenters. The minimum atomic E-state index is -0.319. The lowest BCUT2D eigenvalue weighted by molar-refractivity contribution is -0.151. The molecular formula is C15H20FIN2O3. The first-order chi connectivity index (χ1) is 10.7. The molecule has 0 N–H and O–H groups in total. The van der Waals surface area contributed by atoms with E-state index in [0.717, 1.165) is 23.0 Å². The van der Waals surface area contributed by atoms with Gasteiger partial charge in [0.2, 0.25) is 0 Å². The molecule has 3 rings (SSSR count). The summed E-state index contributed by atoms with van der Waals surface area (Å²) in [5, 5.41) is 0. The number of carbonyl (C=O) groups excluding carboxylic acids is 1. The summed E-state index contributed by atoms with van der Waals surface area (Å²) in [5.41, 5.74) is 0. The fraction of sp³-hybridized carbons (Fsp3) is 0.733. The smallest absolute Gasteiger partial charge is 0.311 e. The normalized spacial score (nSPS) is 31.4. The van der Waals surface area contributed by atoms with E-state index in [0.29, 0.717) is 24.9 Å². The highest BCUT2D eigenvalue weighted by atomic mass is 123. The van der Waals surface area contributed by atoms with E-state index in [-0.39, 0.29) is 30.5 Å². The Bertz CT molecular complexity index is 539. The SMILES string of the molecule is COC(=O)[C@@H]1C(c2ncc([123I])o2)C[C@H]2CC[C@H]1N2CCCF. The summed E-state index contributed by atoms with van der Waals surface area (Å²) in [7, 11) is 1.42. The number of halogens is 2. The number of nitrogens with zero attached hydrogens (tertiary/aromatic N) is 2. The molecule has 122 valence electrons. The molecule has 2 aliphatic rings. The van der Waals surface area contributed by atoms with Crippen LogP contribution in [0.5, 0.6) is 0 Å². The predicted molar refractivity (Wildman–Crippen MR) is 86.2 cm³/mol. The van der Waals surface area contributed by atoms with Crippen molar-refractivity contribution in [3.63, 3.8) is 0 Å². The van der Waals surface area contributed by atoms with Gasteiger partial charge < -0.3 is 9.15 Å². The number of hydrogen-bond donors (Lipinski definition) is 0. The quantitative estimate of drug-likeness (QED) is 0.544. The molecule has 0 aliphatic carbocycles. The molecule has 0 saturated carbocycles. The standard InChI is InChI=1S/C15H20FIN2O3/c1-21-15(20)13-10(14-18-8-12(17)22-14)7-9-3-4-11(13)19(9)6-2-5-16/h8-11,13H,2-7H2,1H3/t9-,10?,11-,13-/m1/s1/i17-4. The number of methoxy groups -OCH3 is 1. The predicted octanol–water partition coefficient (Wildman–Crippen LogP) is 2.75. The van der Waals surface area contributed by atoms with Crippen molar-refractivity contribution >= 4 is 28.6 Å². The largest absolute Gasteiger partial charge is 0.469 e. The highest BCUT2D eigenvalue weighted by Gasteiger charge is 2.52. The number of ether oxygens (including phenoxy) is 1. The summed E-state index contributed by atoms with van der Waals surface area (Å²) in [5.74, 6) is 0.0866. The first-order valence-corrected chi connectivity index (χ1v) is 8.74. The topological polar surface area (TPSA) is 55.6 Å². The van der Waals surface area contributed by atoms with Gasteiger partial charge in [0.1, 0.15) is 0 Å². The molecule has 1 aromatic heterocycles. The van der Waals surface area contributed by atoms with Crippen LogP contribution in [0.4, 0.5) is 4.39 Å². The maximum atomic E-state index is 12.5. The third kappa shape index (κ3) is 2.89. The van der Waals surface area contributed by atoms with Crippen LogP contribution >= 0.6 is 22.6 Å². The molecule has 7 heteroatoms. The number of hydrogen-bond acceptors (Lipinski definition) is 5. The third-order valence-electron chi connectivity index (χ3n) is 4.90.